The third-order valence-electron chi connectivity index (χ3n) is 17.4. The van der Waals surface area contributed by atoms with E-state index in [1.165, 1.54) is 136 Å². The average Bonchev–Trinajstić information content (AvgIpc) is 4.39. The van der Waals surface area contributed by atoms with Crippen LogP contribution in [0, 0.1) is 12.1 Å². The quantitative estimate of drug-likeness (QED) is 0.152. The highest BCUT2D eigenvalue weighted by atomic mass is 16.3. The molecule has 3 heteroatoms. The number of benzene rings is 11. The second-order valence-corrected chi connectivity index (χ2v) is 21.5. The maximum atomic E-state index is 6.92. The number of nitrogens with zero attached hydrogens (tertiary/aromatic N) is 2. The molecule has 2 aliphatic carbocycles. The molecule has 0 aliphatic heterocycles. The molecule has 79 heavy (non-hydrogen) atoms. The monoisotopic (exact) mass is 1000 g/mol. The minimum Gasteiger partial charge on any atom is -0.456 e. The number of rotatable bonds is 6. The average molecular weight is 1010 g/mol. The molecular formula is C76H48N2O. The van der Waals surface area contributed by atoms with Gasteiger partial charge in [-0.3, -0.25) is 0 Å². The van der Waals surface area contributed by atoms with Crippen LogP contribution in [0.1, 0.15) is 35.6 Å². The molecule has 3 nitrogen and oxygen atoms in total. The predicted octanol–water partition coefficient (Wildman–Crippen LogP) is 18.4. The smallest absolute Gasteiger partial charge is 0.135 e. The third kappa shape index (κ3) is 6.56. The van der Waals surface area contributed by atoms with Crippen molar-refractivity contribution in [3.8, 4) is 44.8 Å². The Hall–Kier alpha value is -10.1. The largest absolute Gasteiger partial charge is 0.456 e. The minimum absolute atomic E-state index is 0.142. The van der Waals surface area contributed by atoms with E-state index in [2.05, 4.69) is 258 Å². The minimum atomic E-state index is 0.142. The molecule has 0 bridgehead atoms. The van der Waals surface area contributed by atoms with Gasteiger partial charge >= 0.3 is 0 Å². The predicted molar refractivity (Wildman–Crippen MR) is 331 cm³/mol. The van der Waals surface area contributed by atoms with Crippen molar-refractivity contribution < 1.29 is 4.42 Å². The van der Waals surface area contributed by atoms with Gasteiger partial charge in [0, 0.05) is 55.3 Å². The molecule has 12 aromatic carbocycles. The second kappa shape index (κ2) is 17.2. The van der Waals surface area contributed by atoms with E-state index in [0.29, 0.717) is 0 Å². The Kier molecular flexibility index (Phi) is 9.58. The molecule has 1 atom stereocenters. The van der Waals surface area contributed by atoms with Crippen molar-refractivity contribution >= 4 is 105 Å². The van der Waals surface area contributed by atoms with Crippen molar-refractivity contribution in [2.75, 3.05) is 0 Å². The molecule has 3 aromatic heterocycles. The van der Waals surface area contributed by atoms with E-state index in [9.17, 15) is 0 Å². The molecule has 3 heterocycles. The first-order valence-electron chi connectivity index (χ1n) is 27.6. The molecule has 0 saturated carbocycles. The molecule has 0 N–H and O–H groups in total. The molecule has 0 saturated heterocycles. The van der Waals surface area contributed by atoms with Crippen LogP contribution < -0.4 is 10.6 Å². The zero-order valence-corrected chi connectivity index (χ0v) is 43.2. The lowest BCUT2D eigenvalue weighted by Crippen LogP contribution is -2.30. The summed E-state index contributed by atoms with van der Waals surface area (Å²) in [6.45, 7) is 0. The lowest BCUT2D eigenvalue weighted by molar-refractivity contribution is 0.592. The fourth-order valence-corrected chi connectivity index (χ4v) is 14.1. The second-order valence-electron chi connectivity index (χ2n) is 21.5. The summed E-state index contributed by atoms with van der Waals surface area (Å²) in [6.07, 6.45) is 12.5. The summed E-state index contributed by atoms with van der Waals surface area (Å²) < 4.78 is 11.7. The SMILES string of the molecule is c1ccc(-n2c3ccccc3c3cc(-c4c5ccccc5c(-c5ccc6c7c(oc6c5)C=CC(c5c6ccccc6c(-c6ccc8c(c6)c6c(n8-c8ccccc8)=CCCC=6)c6ccccc56)C7)c5ccccc45)ccc32)cc#1. The molecule has 0 spiro atoms. The Balaban J connectivity index is 0.776. The summed E-state index contributed by atoms with van der Waals surface area (Å²) in [5.41, 5.74) is 16.8. The highest BCUT2D eigenvalue weighted by Crippen LogP contribution is 2.49. The van der Waals surface area contributed by atoms with Crippen molar-refractivity contribution in [2.24, 2.45) is 0 Å². The molecular weight excluding hydrogens is 957 g/mol. The van der Waals surface area contributed by atoms with Gasteiger partial charge in [0.15, 0.2) is 0 Å². The van der Waals surface area contributed by atoms with Gasteiger partial charge in [0.2, 0.25) is 0 Å². The van der Waals surface area contributed by atoms with Gasteiger partial charge in [0.1, 0.15) is 11.3 Å². The summed E-state index contributed by atoms with van der Waals surface area (Å²) in [6, 6.07) is 89.1. The van der Waals surface area contributed by atoms with E-state index < -0.39 is 0 Å². The number of para-hydroxylation sites is 2. The molecule has 368 valence electrons. The summed E-state index contributed by atoms with van der Waals surface area (Å²) in [4.78, 5) is 0. The van der Waals surface area contributed by atoms with Gasteiger partial charge in [-0.2, -0.15) is 0 Å². The zero-order valence-electron chi connectivity index (χ0n) is 43.2. The number of fused-ring (bicyclic) bond motifs is 13. The van der Waals surface area contributed by atoms with Gasteiger partial charge in [-0.05, 0) is 168 Å². The molecule has 0 radical (unpaired) electrons. The Morgan fingerprint density at radius 3 is 1.58 bits per heavy atom. The Bertz CT molecular complexity index is 5110. The molecule has 15 aromatic rings. The topological polar surface area (TPSA) is 23.0 Å². The number of hydrogen-bond donors (Lipinski definition) is 0. The maximum absolute atomic E-state index is 6.92. The third-order valence-corrected chi connectivity index (χ3v) is 17.4. The summed E-state index contributed by atoms with van der Waals surface area (Å²) in [5, 5.41) is 17.6. The van der Waals surface area contributed by atoms with E-state index >= 15 is 0 Å². The van der Waals surface area contributed by atoms with Crippen LogP contribution in [0.5, 0.6) is 0 Å². The van der Waals surface area contributed by atoms with Crippen LogP contribution in [0.15, 0.2) is 235 Å². The first-order valence-corrected chi connectivity index (χ1v) is 27.6. The Labute approximate surface area is 456 Å². The molecule has 1 unspecified atom stereocenters. The standard InChI is InChI=1S/C76H48N2O/c1-3-19-51(20-4-1)77-67-33-17-15-23-53(67)64-43-47(36-40-69(64)77)73-56-25-7-9-27-58(56)75(59-28-10-8-26-57(59)73)49-38-42-71-66(45-49)55-39-35-50(46-72(55)79-71)76-62-31-13-11-29-60(62)74(61-30-12-14-32-63(61)76)48-37-41-70-65(44-48)54-24-16-18-34-68(54)78(70)52-21-5-2-6-22-52/h1,3-5,7-14,16,18-44,46,49H,15,17,45H2. The van der Waals surface area contributed by atoms with Gasteiger partial charge in [0.25, 0.3) is 0 Å². The van der Waals surface area contributed by atoms with Gasteiger partial charge in [-0.1, -0.05) is 188 Å². The number of aromatic nitrogens is 2. The lowest BCUT2D eigenvalue weighted by Gasteiger charge is -2.24. The lowest BCUT2D eigenvalue weighted by atomic mass is 9.79. The number of hydrogen-bond acceptors (Lipinski definition) is 1. The van der Waals surface area contributed by atoms with Crippen LogP contribution in [-0.4, -0.2) is 9.13 Å². The van der Waals surface area contributed by atoms with Crippen LogP contribution in [0.25, 0.3) is 150 Å². The van der Waals surface area contributed by atoms with E-state index in [0.717, 1.165) is 41.9 Å². The highest BCUT2D eigenvalue weighted by Gasteiger charge is 2.28. The number of furan rings is 1. The van der Waals surface area contributed by atoms with Crippen LogP contribution >= 0.6 is 0 Å². The van der Waals surface area contributed by atoms with Crippen LogP contribution in [0.3, 0.4) is 0 Å². The normalized spacial score (nSPS) is 14.1. The van der Waals surface area contributed by atoms with Crippen LogP contribution in [-0.2, 0) is 6.42 Å². The van der Waals surface area contributed by atoms with E-state index in [-0.39, 0.29) is 5.92 Å². The Morgan fingerprint density at radius 2 is 0.937 bits per heavy atom. The van der Waals surface area contributed by atoms with Crippen molar-refractivity contribution in [3.05, 3.63) is 270 Å². The zero-order chi connectivity index (χ0) is 51.7. The first kappa shape index (κ1) is 44.0. The van der Waals surface area contributed by atoms with Gasteiger partial charge in [-0.25, -0.2) is 0 Å². The first-order chi connectivity index (χ1) is 39.2. The van der Waals surface area contributed by atoms with Crippen molar-refractivity contribution in [1.82, 2.24) is 9.13 Å². The molecule has 0 amide bonds. The maximum Gasteiger partial charge on any atom is 0.135 e. The van der Waals surface area contributed by atoms with Crippen LogP contribution in [0.4, 0.5) is 0 Å². The van der Waals surface area contributed by atoms with Crippen molar-refractivity contribution in [1.29, 1.82) is 0 Å². The molecule has 2 aliphatic rings. The van der Waals surface area contributed by atoms with E-state index in [4.69, 9.17) is 4.42 Å². The Morgan fingerprint density at radius 1 is 0.405 bits per heavy atom. The fraction of sp³-hybridized carbons (Fsp3) is 0.0526. The highest BCUT2D eigenvalue weighted by molar-refractivity contribution is 6.23. The summed E-state index contributed by atoms with van der Waals surface area (Å²) in [7, 11) is 0. The summed E-state index contributed by atoms with van der Waals surface area (Å²) >= 11 is 0. The van der Waals surface area contributed by atoms with E-state index in [1.54, 1.807) is 0 Å². The van der Waals surface area contributed by atoms with Gasteiger partial charge < -0.3 is 13.6 Å². The molecule has 0 fully saturated rings. The van der Waals surface area contributed by atoms with E-state index in [1.807, 2.05) is 12.1 Å². The van der Waals surface area contributed by atoms with Crippen molar-refractivity contribution in [3.63, 3.8) is 0 Å². The van der Waals surface area contributed by atoms with Crippen LogP contribution in [0.2, 0.25) is 0 Å². The fourth-order valence-electron chi connectivity index (χ4n) is 14.1. The van der Waals surface area contributed by atoms with Gasteiger partial charge in [0.05, 0.1) is 22.2 Å². The van der Waals surface area contributed by atoms with Crippen molar-refractivity contribution in [2.45, 2.75) is 25.2 Å². The summed E-state index contributed by atoms with van der Waals surface area (Å²) in [5.74, 6) is 1.09. The number of allylic oxidation sites excluding steroid dienone is 1. The molecule has 17 rings (SSSR count). The van der Waals surface area contributed by atoms with Gasteiger partial charge in [-0.15, -0.1) is 0 Å².